The van der Waals surface area contributed by atoms with Crippen LogP contribution < -0.4 is 4.74 Å². The van der Waals surface area contributed by atoms with Crippen LogP contribution in [-0.2, 0) is 16.4 Å². The van der Waals surface area contributed by atoms with E-state index in [0.717, 1.165) is 23.1 Å². The minimum absolute atomic E-state index is 0.0166. The molecule has 0 saturated heterocycles. The van der Waals surface area contributed by atoms with Crippen molar-refractivity contribution in [1.82, 2.24) is 0 Å². The molecule has 0 amide bonds. The minimum Gasteiger partial charge on any atom is -0.488 e. The normalized spacial score (nSPS) is 11.4. The molecular formula is C21H17NO5S. The van der Waals surface area contributed by atoms with Gasteiger partial charge in [0.2, 0.25) is 0 Å². The number of hydrogen-bond acceptors (Lipinski definition) is 5. The number of nitro groups is 1. The van der Waals surface area contributed by atoms with Gasteiger partial charge in [0, 0.05) is 23.1 Å². The number of non-ortho nitro benzene ring substituents is 1. The quantitative estimate of drug-likeness (QED) is 0.430. The molecule has 0 atom stereocenters. The van der Waals surface area contributed by atoms with Crippen LogP contribution in [0.25, 0.3) is 6.08 Å². The fraction of sp³-hybridized carbons (Fsp3) is 0.0476. The molecule has 0 N–H and O–H groups in total. The Hall–Kier alpha value is -3.45. The fourth-order valence-electron chi connectivity index (χ4n) is 2.48. The van der Waals surface area contributed by atoms with E-state index < -0.39 is 14.8 Å². The maximum absolute atomic E-state index is 12.5. The van der Waals surface area contributed by atoms with E-state index in [2.05, 4.69) is 0 Å². The van der Waals surface area contributed by atoms with E-state index in [1.807, 2.05) is 36.4 Å². The van der Waals surface area contributed by atoms with Crippen LogP contribution in [0.15, 0.2) is 89.2 Å². The van der Waals surface area contributed by atoms with Crippen LogP contribution in [0, 0.1) is 10.1 Å². The van der Waals surface area contributed by atoms with Gasteiger partial charge in [-0.1, -0.05) is 48.5 Å². The minimum atomic E-state index is -3.74. The number of nitro benzene ring substituents is 1. The van der Waals surface area contributed by atoms with Crippen LogP contribution in [-0.4, -0.2) is 13.3 Å². The van der Waals surface area contributed by atoms with Gasteiger partial charge in [-0.3, -0.25) is 10.1 Å². The maximum Gasteiger partial charge on any atom is 0.269 e. The molecule has 0 bridgehead atoms. The molecule has 0 aromatic heterocycles. The number of hydrogen-bond donors (Lipinski definition) is 0. The summed E-state index contributed by atoms with van der Waals surface area (Å²) in [6.45, 7) is 0.362. The van der Waals surface area contributed by atoms with Crippen molar-refractivity contribution in [3.05, 3.63) is 106 Å². The van der Waals surface area contributed by atoms with E-state index >= 15 is 0 Å². The summed E-state index contributed by atoms with van der Waals surface area (Å²) in [6, 6.07) is 21.5. The summed E-state index contributed by atoms with van der Waals surface area (Å²) in [5.74, 6) is 0.557. The van der Waals surface area contributed by atoms with Crippen molar-refractivity contribution < 1.29 is 18.1 Å². The maximum atomic E-state index is 12.5. The van der Waals surface area contributed by atoms with Gasteiger partial charge in [0.1, 0.15) is 12.4 Å². The van der Waals surface area contributed by atoms with Gasteiger partial charge in [-0.25, -0.2) is 8.42 Å². The van der Waals surface area contributed by atoms with Gasteiger partial charge < -0.3 is 4.74 Å². The zero-order valence-corrected chi connectivity index (χ0v) is 15.6. The summed E-state index contributed by atoms with van der Waals surface area (Å²) in [4.78, 5) is 10.1. The standard InChI is InChI=1S/C21H17NO5S/c23-22(24)19-10-12-20(13-11-19)28(25,26)15-14-18-8-4-5-9-21(18)27-16-17-6-2-1-3-7-17/h1-15H,16H2/b15-14+. The van der Waals surface area contributed by atoms with Gasteiger partial charge in [0.05, 0.1) is 9.82 Å². The Bertz CT molecular complexity index is 1090. The first-order chi connectivity index (χ1) is 13.5. The molecule has 0 heterocycles. The molecule has 7 heteroatoms. The predicted octanol–water partition coefficient (Wildman–Crippen LogP) is 4.62. The molecular weight excluding hydrogens is 378 g/mol. The van der Waals surface area contributed by atoms with Crippen molar-refractivity contribution in [2.24, 2.45) is 0 Å². The molecule has 0 aliphatic rings. The Kier molecular flexibility index (Phi) is 5.86. The summed E-state index contributed by atoms with van der Waals surface area (Å²) < 4.78 is 30.8. The second-order valence-corrected chi connectivity index (χ2v) is 7.74. The van der Waals surface area contributed by atoms with E-state index in [1.54, 1.807) is 18.2 Å². The number of ether oxygens (including phenoxy) is 1. The fourth-order valence-corrected chi connectivity index (χ4v) is 3.48. The third kappa shape index (κ3) is 4.83. The Morgan fingerprint density at radius 3 is 2.21 bits per heavy atom. The summed E-state index contributed by atoms with van der Waals surface area (Å²) in [5, 5.41) is 11.8. The molecule has 0 radical (unpaired) electrons. The van der Waals surface area contributed by atoms with Crippen molar-refractivity contribution in [2.45, 2.75) is 11.5 Å². The van der Waals surface area contributed by atoms with Gasteiger partial charge >= 0.3 is 0 Å². The number of para-hydroxylation sites is 1. The summed E-state index contributed by atoms with van der Waals surface area (Å²) in [5.41, 5.74) is 1.45. The highest BCUT2D eigenvalue weighted by Gasteiger charge is 2.13. The molecule has 0 aliphatic heterocycles. The highest BCUT2D eigenvalue weighted by Crippen LogP contribution is 2.23. The summed E-state index contributed by atoms with van der Waals surface area (Å²) in [6.07, 6.45) is 1.46. The van der Waals surface area contributed by atoms with Crippen molar-refractivity contribution >= 4 is 21.6 Å². The molecule has 3 aromatic rings. The van der Waals surface area contributed by atoms with E-state index in [0.29, 0.717) is 17.9 Å². The summed E-state index contributed by atoms with van der Waals surface area (Å²) in [7, 11) is -3.74. The largest absolute Gasteiger partial charge is 0.488 e. The van der Waals surface area contributed by atoms with Crippen LogP contribution in [0.2, 0.25) is 0 Å². The van der Waals surface area contributed by atoms with Gasteiger partial charge in [0.15, 0.2) is 9.84 Å². The molecule has 0 fully saturated rings. The zero-order valence-electron chi connectivity index (χ0n) is 14.8. The Labute approximate surface area is 162 Å². The van der Waals surface area contributed by atoms with E-state index in [9.17, 15) is 18.5 Å². The van der Waals surface area contributed by atoms with E-state index in [-0.39, 0.29) is 10.6 Å². The molecule has 0 unspecified atom stereocenters. The average Bonchev–Trinajstić information content (AvgIpc) is 2.72. The molecule has 142 valence electrons. The highest BCUT2D eigenvalue weighted by atomic mass is 32.2. The third-order valence-corrected chi connectivity index (χ3v) is 5.38. The highest BCUT2D eigenvalue weighted by molar-refractivity contribution is 7.94. The Morgan fingerprint density at radius 2 is 1.54 bits per heavy atom. The second kappa shape index (κ2) is 8.49. The summed E-state index contributed by atoms with van der Waals surface area (Å²) >= 11 is 0. The lowest BCUT2D eigenvalue weighted by Crippen LogP contribution is -1.98. The molecule has 0 saturated carbocycles. The first-order valence-electron chi connectivity index (χ1n) is 8.39. The lowest BCUT2D eigenvalue weighted by atomic mass is 10.2. The van der Waals surface area contributed by atoms with Crippen molar-refractivity contribution in [1.29, 1.82) is 0 Å². The lowest BCUT2D eigenvalue weighted by Gasteiger charge is -2.09. The monoisotopic (exact) mass is 395 g/mol. The molecule has 6 nitrogen and oxygen atoms in total. The van der Waals surface area contributed by atoms with Gasteiger partial charge in [-0.15, -0.1) is 0 Å². The average molecular weight is 395 g/mol. The Balaban J connectivity index is 1.78. The second-order valence-electron chi connectivity index (χ2n) is 5.91. The van der Waals surface area contributed by atoms with Crippen LogP contribution >= 0.6 is 0 Å². The topological polar surface area (TPSA) is 86.5 Å². The van der Waals surface area contributed by atoms with E-state index in [4.69, 9.17) is 4.74 Å². The molecule has 3 aromatic carbocycles. The van der Waals surface area contributed by atoms with Gasteiger partial charge in [-0.2, -0.15) is 0 Å². The number of nitrogens with zero attached hydrogens (tertiary/aromatic N) is 1. The van der Waals surface area contributed by atoms with E-state index in [1.165, 1.54) is 18.2 Å². The number of benzene rings is 3. The van der Waals surface area contributed by atoms with Crippen molar-refractivity contribution in [2.75, 3.05) is 0 Å². The number of sulfone groups is 1. The molecule has 28 heavy (non-hydrogen) atoms. The predicted molar refractivity (Wildman–Crippen MR) is 107 cm³/mol. The van der Waals surface area contributed by atoms with Crippen molar-refractivity contribution in [3.8, 4) is 5.75 Å². The van der Waals surface area contributed by atoms with Gasteiger partial charge in [-0.05, 0) is 29.8 Å². The van der Waals surface area contributed by atoms with Crippen LogP contribution in [0.1, 0.15) is 11.1 Å². The number of rotatable bonds is 7. The first-order valence-corrected chi connectivity index (χ1v) is 9.94. The smallest absolute Gasteiger partial charge is 0.269 e. The molecule has 0 spiro atoms. The van der Waals surface area contributed by atoms with Crippen molar-refractivity contribution in [3.63, 3.8) is 0 Å². The lowest BCUT2D eigenvalue weighted by molar-refractivity contribution is -0.384. The zero-order chi connectivity index (χ0) is 20.0. The third-order valence-electron chi connectivity index (χ3n) is 3.96. The molecule has 3 rings (SSSR count). The Morgan fingerprint density at radius 1 is 0.893 bits per heavy atom. The molecule has 0 aliphatic carbocycles. The van der Waals surface area contributed by atoms with Gasteiger partial charge in [0.25, 0.3) is 5.69 Å². The SMILES string of the molecule is O=[N+]([O-])c1ccc(S(=O)(=O)/C=C/c2ccccc2OCc2ccccc2)cc1. The first kappa shape index (κ1) is 19.3. The van der Waals surface area contributed by atoms with Crippen LogP contribution in [0.4, 0.5) is 5.69 Å². The van der Waals surface area contributed by atoms with Crippen LogP contribution in [0.5, 0.6) is 5.75 Å². The van der Waals surface area contributed by atoms with Crippen LogP contribution in [0.3, 0.4) is 0 Å².